The number of aromatic amines is 2. The third-order valence-electron chi connectivity index (χ3n) is 2.74. The molecule has 0 spiro atoms. The Morgan fingerprint density at radius 3 is 2.71 bits per heavy atom. The highest BCUT2D eigenvalue weighted by Gasteiger charge is 2.16. The zero-order valence-corrected chi connectivity index (χ0v) is 10.0. The molecule has 1 aromatic heterocycles. The Labute approximate surface area is 98.9 Å². The molecule has 0 radical (unpaired) electrons. The zero-order chi connectivity index (χ0) is 12.5. The fourth-order valence-electron chi connectivity index (χ4n) is 1.84. The number of imidazole rings is 1. The van der Waals surface area contributed by atoms with Crippen molar-refractivity contribution < 1.29 is 5.11 Å². The molecule has 1 aromatic carbocycles. The first-order chi connectivity index (χ1) is 8.00. The maximum atomic E-state index is 11.1. The Kier molecular flexibility index (Phi) is 2.93. The first-order valence-corrected chi connectivity index (χ1v) is 5.61. The molecule has 0 amide bonds. The minimum Gasteiger partial charge on any atom is -0.396 e. The molecule has 4 N–H and O–H groups in total. The second-order valence-corrected chi connectivity index (χ2v) is 4.82. The highest BCUT2D eigenvalue weighted by Crippen LogP contribution is 2.20. The summed E-state index contributed by atoms with van der Waals surface area (Å²) in [4.78, 5) is 16.5. The number of hydrogen-bond donors (Lipinski definition) is 4. The third-order valence-corrected chi connectivity index (χ3v) is 2.74. The van der Waals surface area contributed by atoms with Gasteiger partial charge in [-0.2, -0.15) is 0 Å². The van der Waals surface area contributed by atoms with Gasteiger partial charge in [-0.05, 0) is 38.5 Å². The lowest BCUT2D eigenvalue weighted by Crippen LogP contribution is -2.31. The average Bonchev–Trinajstić information content (AvgIpc) is 2.56. The summed E-state index contributed by atoms with van der Waals surface area (Å²) in [5, 5.41) is 12.3. The van der Waals surface area contributed by atoms with Crippen molar-refractivity contribution in [2.24, 2.45) is 0 Å². The quantitative estimate of drug-likeness (QED) is 0.647. The minimum atomic E-state index is -0.202. The number of aromatic nitrogens is 2. The van der Waals surface area contributed by atoms with Crippen LogP contribution >= 0.6 is 0 Å². The molecule has 0 saturated heterocycles. The van der Waals surface area contributed by atoms with Crippen molar-refractivity contribution in [2.75, 3.05) is 11.9 Å². The number of rotatable bonds is 4. The van der Waals surface area contributed by atoms with Gasteiger partial charge in [0.2, 0.25) is 0 Å². The van der Waals surface area contributed by atoms with E-state index in [1.165, 1.54) is 0 Å². The van der Waals surface area contributed by atoms with E-state index in [1.54, 1.807) is 0 Å². The van der Waals surface area contributed by atoms with E-state index in [1.807, 2.05) is 32.0 Å². The lowest BCUT2D eigenvalue weighted by atomic mass is 10.0. The van der Waals surface area contributed by atoms with Gasteiger partial charge >= 0.3 is 5.69 Å². The number of aliphatic hydroxyl groups is 1. The largest absolute Gasteiger partial charge is 0.396 e. The van der Waals surface area contributed by atoms with E-state index in [0.29, 0.717) is 6.42 Å². The lowest BCUT2D eigenvalue weighted by molar-refractivity contribution is 0.261. The van der Waals surface area contributed by atoms with Crippen molar-refractivity contribution in [1.82, 2.24) is 9.97 Å². The molecule has 5 heteroatoms. The van der Waals surface area contributed by atoms with Gasteiger partial charge < -0.3 is 20.4 Å². The van der Waals surface area contributed by atoms with Gasteiger partial charge in [-0.25, -0.2) is 4.79 Å². The lowest BCUT2D eigenvalue weighted by Gasteiger charge is -2.26. The van der Waals surface area contributed by atoms with E-state index in [0.717, 1.165) is 16.7 Å². The fraction of sp³-hybridized carbons (Fsp3) is 0.417. The fourth-order valence-corrected chi connectivity index (χ4v) is 1.84. The Morgan fingerprint density at radius 1 is 1.29 bits per heavy atom. The molecule has 5 nitrogen and oxygen atoms in total. The van der Waals surface area contributed by atoms with E-state index in [4.69, 9.17) is 5.11 Å². The van der Waals surface area contributed by atoms with E-state index in [2.05, 4.69) is 15.3 Å². The van der Waals surface area contributed by atoms with Gasteiger partial charge in [0.05, 0.1) is 11.0 Å². The predicted octanol–water partition coefficient (Wildman–Crippen LogP) is 1.43. The van der Waals surface area contributed by atoms with Crippen LogP contribution in [0.3, 0.4) is 0 Å². The van der Waals surface area contributed by atoms with Crippen LogP contribution in [0.25, 0.3) is 11.0 Å². The number of benzene rings is 1. The van der Waals surface area contributed by atoms with Crippen LogP contribution in [0, 0.1) is 0 Å². The maximum Gasteiger partial charge on any atom is 0.323 e. The normalized spacial score (nSPS) is 11.9. The number of anilines is 1. The third kappa shape index (κ3) is 2.68. The number of hydrogen-bond acceptors (Lipinski definition) is 3. The maximum absolute atomic E-state index is 11.1. The first-order valence-electron chi connectivity index (χ1n) is 5.61. The van der Waals surface area contributed by atoms with Crippen molar-refractivity contribution in [3.05, 3.63) is 28.7 Å². The van der Waals surface area contributed by atoms with Crippen molar-refractivity contribution in [2.45, 2.75) is 25.8 Å². The molecule has 0 aliphatic rings. The van der Waals surface area contributed by atoms with Crippen molar-refractivity contribution >= 4 is 16.7 Å². The molecular formula is C12H17N3O2. The molecule has 0 aliphatic heterocycles. The molecule has 1 heterocycles. The monoisotopic (exact) mass is 235 g/mol. The van der Waals surface area contributed by atoms with Crippen LogP contribution in [0.1, 0.15) is 20.3 Å². The van der Waals surface area contributed by atoms with Crippen LogP contribution < -0.4 is 11.0 Å². The second kappa shape index (κ2) is 4.25. The van der Waals surface area contributed by atoms with Gasteiger partial charge in [-0.15, -0.1) is 0 Å². The summed E-state index contributed by atoms with van der Waals surface area (Å²) in [6.45, 7) is 4.18. The summed E-state index contributed by atoms with van der Waals surface area (Å²) in [6, 6.07) is 5.64. The summed E-state index contributed by atoms with van der Waals surface area (Å²) in [5.41, 5.74) is 2.11. The average molecular weight is 235 g/mol. The van der Waals surface area contributed by atoms with Crippen molar-refractivity contribution in [1.29, 1.82) is 0 Å². The number of fused-ring (bicyclic) bond motifs is 1. The predicted molar refractivity (Wildman–Crippen MR) is 68.3 cm³/mol. The minimum absolute atomic E-state index is 0.142. The van der Waals surface area contributed by atoms with Crippen LogP contribution in [0.2, 0.25) is 0 Å². The Morgan fingerprint density at radius 2 is 2.00 bits per heavy atom. The zero-order valence-electron chi connectivity index (χ0n) is 10.0. The van der Waals surface area contributed by atoms with Crippen molar-refractivity contribution in [3.8, 4) is 0 Å². The SMILES string of the molecule is CC(C)(CCO)Nc1ccc2[nH]c(=O)[nH]c2c1. The molecule has 0 atom stereocenters. The van der Waals surface area contributed by atoms with Gasteiger partial charge in [0.1, 0.15) is 0 Å². The van der Waals surface area contributed by atoms with E-state index in [9.17, 15) is 4.79 Å². The summed E-state index contributed by atoms with van der Waals surface area (Å²) in [6.07, 6.45) is 0.661. The van der Waals surface area contributed by atoms with Crippen LogP contribution in [0.4, 0.5) is 5.69 Å². The molecule has 17 heavy (non-hydrogen) atoms. The number of H-pyrrole nitrogens is 2. The topological polar surface area (TPSA) is 80.9 Å². The molecule has 2 aromatic rings. The summed E-state index contributed by atoms with van der Waals surface area (Å²) in [5.74, 6) is 0. The van der Waals surface area contributed by atoms with Crippen LogP contribution in [0.5, 0.6) is 0 Å². The first kappa shape index (κ1) is 11.7. The smallest absolute Gasteiger partial charge is 0.323 e. The van der Waals surface area contributed by atoms with Crippen LogP contribution in [-0.4, -0.2) is 27.2 Å². The summed E-state index contributed by atoms with van der Waals surface area (Å²) >= 11 is 0. The summed E-state index contributed by atoms with van der Waals surface area (Å²) in [7, 11) is 0. The Hall–Kier alpha value is -1.75. The van der Waals surface area contributed by atoms with Gasteiger partial charge in [-0.1, -0.05) is 0 Å². The standard InChI is InChI=1S/C12H17N3O2/c1-12(2,5-6-16)15-8-3-4-9-10(7-8)14-11(17)13-9/h3-4,7,15-16H,5-6H2,1-2H3,(H2,13,14,17). The molecule has 0 fully saturated rings. The Bertz CT molecular complexity index is 568. The Balaban J connectivity index is 2.27. The highest BCUT2D eigenvalue weighted by molar-refractivity contribution is 5.78. The molecule has 0 bridgehead atoms. The van der Waals surface area contributed by atoms with E-state index in [-0.39, 0.29) is 17.8 Å². The van der Waals surface area contributed by atoms with Crippen molar-refractivity contribution in [3.63, 3.8) is 0 Å². The molecule has 0 unspecified atom stereocenters. The van der Waals surface area contributed by atoms with Gasteiger partial charge in [0, 0.05) is 17.8 Å². The highest BCUT2D eigenvalue weighted by atomic mass is 16.3. The van der Waals surface area contributed by atoms with Gasteiger partial charge in [0.25, 0.3) is 0 Å². The van der Waals surface area contributed by atoms with E-state index < -0.39 is 0 Å². The number of nitrogens with one attached hydrogen (secondary N) is 3. The number of aliphatic hydroxyl groups excluding tert-OH is 1. The molecule has 0 aliphatic carbocycles. The molecule has 0 saturated carbocycles. The van der Waals surface area contributed by atoms with Gasteiger partial charge in [0.15, 0.2) is 0 Å². The summed E-state index contributed by atoms with van der Waals surface area (Å²) < 4.78 is 0. The van der Waals surface area contributed by atoms with Crippen LogP contribution in [0.15, 0.2) is 23.0 Å². The second-order valence-electron chi connectivity index (χ2n) is 4.82. The molecular weight excluding hydrogens is 218 g/mol. The molecule has 92 valence electrons. The molecule has 2 rings (SSSR count). The van der Waals surface area contributed by atoms with E-state index >= 15 is 0 Å². The van der Waals surface area contributed by atoms with Gasteiger partial charge in [-0.3, -0.25) is 0 Å². The van der Waals surface area contributed by atoms with Crippen LogP contribution in [-0.2, 0) is 0 Å².